The fourth-order valence-electron chi connectivity index (χ4n) is 1.73. The summed E-state index contributed by atoms with van der Waals surface area (Å²) in [5.41, 5.74) is 4.51. The molecular formula is C9H17NO4S. The van der Waals surface area contributed by atoms with Gasteiger partial charge in [-0.3, -0.25) is 4.79 Å². The van der Waals surface area contributed by atoms with Gasteiger partial charge in [0.05, 0.1) is 17.3 Å². The maximum Gasteiger partial charge on any atom is 0.314 e. The van der Waals surface area contributed by atoms with Crippen molar-refractivity contribution < 1.29 is 17.9 Å². The van der Waals surface area contributed by atoms with Crippen molar-refractivity contribution in [2.24, 2.45) is 11.1 Å². The summed E-state index contributed by atoms with van der Waals surface area (Å²) in [5, 5.41) is -0.640. The molecule has 0 unspecified atom stereocenters. The lowest BCUT2D eigenvalue weighted by molar-refractivity contribution is -0.149. The van der Waals surface area contributed by atoms with E-state index < -0.39 is 26.5 Å². The number of nitrogens with two attached hydrogens (primary N) is 1. The molecule has 1 aliphatic rings. The van der Waals surface area contributed by atoms with Crippen molar-refractivity contribution in [1.29, 1.82) is 0 Å². The molecule has 6 heteroatoms. The smallest absolute Gasteiger partial charge is 0.314 e. The average Bonchev–Trinajstić information content (AvgIpc) is 2.95. The van der Waals surface area contributed by atoms with Gasteiger partial charge in [0, 0.05) is 12.3 Å². The highest BCUT2D eigenvalue weighted by Crippen LogP contribution is 2.51. The number of ether oxygens (including phenoxy) is 1. The van der Waals surface area contributed by atoms with Gasteiger partial charge in [-0.25, -0.2) is 8.42 Å². The van der Waals surface area contributed by atoms with E-state index >= 15 is 0 Å². The zero-order valence-electron chi connectivity index (χ0n) is 9.02. The van der Waals surface area contributed by atoms with Crippen LogP contribution in [0, 0.1) is 5.41 Å². The van der Waals surface area contributed by atoms with Crippen LogP contribution in [0.2, 0.25) is 0 Å². The number of carbonyl (C=O) groups is 1. The van der Waals surface area contributed by atoms with Crippen molar-refractivity contribution in [3.63, 3.8) is 0 Å². The number of rotatable bonds is 5. The third-order valence-corrected chi connectivity index (χ3v) is 5.18. The van der Waals surface area contributed by atoms with Gasteiger partial charge in [0.15, 0.2) is 9.84 Å². The predicted molar refractivity (Wildman–Crippen MR) is 56.0 cm³/mol. The Bertz CT molecular complexity index is 351. The van der Waals surface area contributed by atoms with E-state index in [2.05, 4.69) is 0 Å². The van der Waals surface area contributed by atoms with Crippen LogP contribution in [0.25, 0.3) is 0 Å². The molecule has 1 saturated carbocycles. The highest BCUT2D eigenvalue weighted by atomic mass is 32.2. The van der Waals surface area contributed by atoms with Crippen molar-refractivity contribution in [2.75, 3.05) is 18.9 Å². The lowest BCUT2D eigenvalue weighted by Gasteiger charge is -2.12. The van der Waals surface area contributed by atoms with E-state index in [-0.39, 0.29) is 18.9 Å². The molecule has 88 valence electrons. The van der Waals surface area contributed by atoms with Crippen LogP contribution >= 0.6 is 0 Å². The molecule has 2 N–H and O–H groups in total. The summed E-state index contributed by atoms with van der Waals surface area (Å²) in [5.74, 6) is -0.437. The third-order valence-electron chi connectivity index (χ3n) is 2.89. The molecule has 0 saturated heterocycles. The Labute approximate surface area is 89.9 Å². The number of hydrogen-bond donors (Lipinski definition) is 1. The first-order valence-electron chi connectivity index (χ1n) is 5.03. The summed E-state index contributed by atoms with van der Waals surface area (Å²) in [6.45, 7) is 3.54. The molecule has 0 spiro atoms. The van der Waals surface area contributed by atoms with Crippen molar-refractivity contribution in [2.45, 2.75) is 25.5 Å². The molecule has 0 aromatic carbocycles. The Morgan fingerprint density at radius 3 is 2.53 bits per heavy atom. The van der Waals surface area contributed by atoms with Gasteiger partial charge in [0.1, 0.15) is 0 Å². The first-order chi connectivity index (χ1) is 6.94. The van der Waals surface area contributed by atoms with Crippen LogP contribution < -0.4 is 5.73 Å². The van der Waals surface area contributed by atoms with Crippen LogP contribution in [-0.4, -0.2) is 38.5 Å². The lowest BCUT2D eigenvalue weighted by atomic mass is 10.1. The van der Waals surface area contributed by atoms with Gasteiger partial charge in [-0.1, -0.05) is 6.92 Å². The van der Waals surface area contributed by atoms with E-state index in [1.54, 1.807) is 13.8 Å². The van der Waals surface area contributed by atoms with Gasteiger partial charge in [0.2, 0.25) is 0 Å². The van der Waals surface area contributed by atoms with E-state index in [0.29, 0.717) is 6.42 Å². The number of esters is 1. The zero-order valence-corrected chi connectivity index (χ0v) is 9.84. The van der Waals surface area contributed by atoms with Gasteiger partial charge >= 0.3 is 5.97 Å². The Hall–Kier alpha value is -0.620. The second kappa shape index (κ2) is 4.09. The molecule has 1 fully saturated rings. The predicted octanol–water partition coefficient (Wildman–Crippen LogP) is -0.298. The molecule has 2 atom stereocenters. The van der Waals surface area contributed by atoms with E-state index in [1.165, 1.54) is 0 Å². The summed E-state index contributed by atoms with van der Waals surface area (Å²) in [4.78, 5) is 11.6. The Morgan fingerprint density at radius 2 is 2.13 bits per heavy atom. The Kier molecular flexibility index (Phi) is 3.40. The molecule has 1 aliphatic carbocycles. The minimum Gasteiger partial charge on any atom is -0.465 e. The van der Waals surface area contributed by atoms with Gasteiger partial charge in [-0.05, 0) is 13.3 Å². The fourth-order valence-corrected chi connectivity index (χ4v) is 3.57. The highest BCUT2D eigenvalue weighted by Gasteiger charge is 2.65. The number of sulfone groups is 1. The molecule has 0 aromatic heterocycles. The van der Waals surface area contributed by atoms with Crippen molar-refractivity contribution in [1.82, 2.24) is 0 Å². The van der Waals surface area contributed by atoms with E-state index in [9.17, 15) is 13.2 Å². The molecule has 0 bridgehead atoms. The summed E-state index contributed by atoms with van der Waals surface area (Å²) in [6.07, 6.45) is 0.304. The van der Waals surface area contributed by atoms with E-state index in [1.807, 2.05) is 0 Å². The summed E-state index contributed by atoms with van der Waals surface area (Å²) < 4.78 is 28.0. The van der Waals surface area contributed by atoms with Gasteiger partial charge in [-0.2, -0.15) is 0 Å². The maximum atomic E-state index is 11.6. The molecule has 5 nitrogen and oxygen atoms in total. The minimum atomic E-state index is -3.19. The quantitative estimate of drug-likeness (QED) is 0.661. The SMILES string of the molecule is CCOC(=O)[C@@]1(CN)C[C@@H]1S(=O)(=O)CC. The maximum absolute atomic E-state index is 11.6. The topological polar surface area (TPSA) is 86.5 Å². The van der Waals surface area contributed by atoms with E-state index in [4.69, 9.17) is 10.5 Å². The standard InChI is InChI=1S/C9H17NO4S/c1-3-14-8(11)9(6-10)5-7(9)15(12,13)4-2/h7H,3-6,10H2,1-2H3/t7-,9+/m0/s1. The average molecular weight is 235 g/mol. The Morgan fingerprint density at radius 1 is 1.53 bits per heavy atom. The summed E-state index contributed by atoms with van der Waals surface area (Å²) >= 11 is 0. The fraction of sp³-hybridized carbons (Fsp3) is 0.889. The summed E-state index contributed by atoms with van der Waals surface area (Å²) in [6, 6.07) is 0. The molecule has 15 heavy (non-hydrogen) atoms. The molecule has 0 heterocycles. The molecule has 1 rings (SSSR count). The van der Waals surface area contributed by atoms with Crippen LogP contribution in [0.3, 0.4) is 0 Å². The highest BCUT2D eigenvalue weighted by molar-refractivity contribution is 7.92. The molecular weight excluding hydrogens is 218 g/mol. The second-order valence-electron chi connectivity index (χ2n) is 3.73. The lowest BCUT2D eigenvalue weighted by Crippen LogP contribution is -2.33. The first-order valence-corrected chi connectivity index (χ1v) is 6.75. The van der Waals surface area contributed by atoms with Gasteiger partial charge < -0.3 is 10.5 Å². The van der Waals surface area contributed by atoms with E-state index in [0.717, 1.165) is 0 Å². The molecule has 0 radical (unpaired) electrons. The largest absolute Gasteiger partial charge is 0.465 e. The van der Waals surface area contributed by atoms with Gasteiger partial charge in [-0.15, -0.1) is 0 Å². The number of carbonyl (C=O) groups excluding carboxylic acids is 1. The van der Waals surface area contributed by atoms with Crippen LogP contribution in [0.5, 0.6) is 0 Å². The van der Waals surface area contributed by atoms with Crippen LogP contribution in [0.4, 0.5) is 0 Å². The van der Waals surface area contributed by atoms with Crippen LogP contribution in [0.1, 0.15) is 20.3 Å². The molecule has 0 amide bonds. The minimum absolute atomic E-state index is 0.0374. The normalized spacial score (nSPS) is 29.9. The van der Waals surface area contributed by atoms with Crippen molar-refractivity contribution >= 4 is 15.8 Å². The van der Waals surface area contributed by atoms with Gasteiger partial charge in [0.25, 0.3) is 0 Å². The second-order valence-corrected chi connectivity index (χ2v) is 6.20. The number of hydrogen-bond acceptors (Lipinski definition) is 5. The molecule has 0 aliphatic heterocycles. The molecule has 0 aromatic rings. The third kappa shape index (κ3) is 2.01. The zero-order chi connectivity index (χ0) is 11.7. The monoisotopic (exact) mass is 235 g/mol. The van der Waals surface area contributed by atoms with Crippen LogP contribution in [0.15, 0.2) is 0 Å². The van der Waals surface area contributed by atoms with Crippen molar-refractivity contribution in [3.05, 3.63) is 0 Å². The first kappa shape index (κ1) is 12.4. The Balaban J connectivity index is 2.82. The summed E-state index contributed by atoms with van der Waals surface area (Å²) in [7, 11) is -3.19. The van der Waals surface area contributed by atoms with Crippen molar-refractivity contribution in [3.8, 4) is 0 Å². The van der Waals surface area contributed by atoms with Crippen LogP contribution in [-0.2, 0) is 19.4 Å².